The minimum absolute atomic E-state index is 0.0496. The molecule has 0 fully saturated rings. The molecule has 0 bridgehead atoms. The van der Waals surface area contributed by atoms with E-state index in [1.165, 1.54) is 13.8 Å². The van der Waals surface area contributed by atoms with Gasteiger partial charge >= 0.3 is 5.63 Å². The monoisotopic (exact) mass is 354 g/mol. The molecule has 126 valence electrons. The van der Waals surface area contributed by atoms with Crippen molar-refractivity contribution in [2.45, 2.75) is 13.8 Å². The SMILES string of the molecule is CC(=O)/C(=C(/C)O)c1c(-c2ccc(Cl)cc2)c2ccccc2oc1=O. The van der Waals surface area contributed by atoms with Crippen LogP contribution in [-0.4, -0.2) is 10.9 Å². The van der Waals surface area contributed by atoms with Crippen LogP contribution in [0.1, 0.15) is 19.4 Å². The number of aliphatic hydroxyl groups excluding tert-OH is 1. The number of hydrogen-bond donors (Lipinski definition) is 1. The van der Waals surface area contributed by atoms with Crippen molar-refractivity contribution in [1.29, 1.82) is 0 Å². The lowest BCUT2D eigenvalue weighted by Crippen LogP contribution is -2.14. The first kappa shape index (κ1) is 17.0. The van der Waals surface area contributed by atoms with Crippen LogP contribution in [0.4, 0.5) is 0 Å². The van der Waals surface area contributed by atoms with Crippen LogP contribution in [0, 0.1) is 0 Å². The van der Waals surface area contributed by atoms with Crippen molar-refractivity contribution in [2.75, 3.05) is 0 Å². The maximum absolute atomic E-state index is 12.7. The van der Waals surface area contributed by atoms with Gasteiger partial charge in [-0.15, -0.1) is 0 Å². The molecule has 4 nitrogen and oxygen atoms in total. The van der Waals surface area contributed by atoms with E-state index < -0.39 is 11.4 Å². The number of allylic oxidation sites excluding steroid dienone is 2. The molecule has 0 aliphatic heterocycles. The molecule has 3 rings (SSSR count). The van der Waals surface area contributed by atoms with Crippen molar-refractivity contribution in [1.82, 2.24) is 0 Å². The van der Waals surface area contributed by atoms with E-state index in [1.807, 2.05) is 6.07 Å². The predicted octanol–water partition coefficient (Wildman–Crippen LogP) is 4.99. The molecule has 0 unspecified atom stereocenters. The van der Waals surface area contributed by atoms with Gasteiger partial charge in [0.15, 0.2) is 5.78 Å². The zero-order valence-electron chi connectivity index (χ0n) is 13.7. The Hall–Kier alpha value is -2.85. The number of carbonyl (C=O) groups excluding carboxylic acids is 1. The molecule has 0 spiro atoms. The van der Waals surface area contributed by atoms with Gasteiger partial charge in [-0.2, -0.15) is 0 Å². The van der Waals surface area contributed by atoms with Gasteiger partial charge < -0.3 is 9.52 Å². The van der Waals surface area contributed by atoms with Crippen LogP contribution in [0.15, 0.2) is 63.5 Å². The summed E-state index contributed by atoms with van der Waals surface area (Å²) in [4.78, 5) is 24.7. The number of ketones is 1. The maximum Gasteiger partial charge on any atom is 0.345 e. The molecule has 2 aromatic carbocycles. The number of fused-ring (bicyclic) bond motifs is 1. The summed E-state index contributed by atoms with van der Waals surface area (Å²) in [7, 11) is 0. The van der Waals surface area contributed by atoms with E-state index in [2.05, 4.69) is 0 Å². The maximum atomic E-state index is 12.7. The smallest absolute Gasteiger partial charge is 0.345 e. The van der Waals surface area contributed by atoms with E-state index in [1.54, 1.807) is 42.5 Å². The summed E-state index contributed by atoms with van der Waals surface area (Å²) in [6.45, 7) is 2.67. The van der Waals surface area contributed by atoms with Crippen LogP contribution in [-0.2, 0) is 4.79 Å². The van der Waals surface area contributed by atoms with Crippen LogP contribution in [0.3, 0.4) is 0 Å². The van der Waals surface area contributed by atoms with E-state index in [4.69, 9.17) is 16.0 Å². The number of hydrogen-bond acceptors (Lipinski definition) is 4. The third-order valence-corrected chi connectivity index (χ3v) is 4.16. The number of carbonyl (C=O) groups is 1. The van der Waals surface area contributed by atoms with Crippen molar-refractivity contribution >= 4 is 33.9 Å². The summed E-state index contributed by atoms with van der Waals surface area (Å²) in [5.41, 5.74) is 0.950. The van der Waals surface area contributed by atoms with Crippen molar-refractivity contribution in [3.8, 4) is 11.1 Å². The molecule has 0 radical (unpaired) electrons. The fourth-order valence-electron chi connectivity index (χ4n) is 2.90. The molecule has 3 aromatic rings. The Morgan fingerprint density at radius 1 is 1.04 bits per heavy atom. The molecule has 1 aromatic heterocycles. The van der Waals surface area contributed by atoms with Crippen molar-refractivity contribution < 1.29 is 14.3 Å². The van der Waals surface area contributed by atoms with Gasteiger partial charge in [0, 0.05) is 16.0 Å². The molecule has 5 heteroatoms. The Kier molecular flexibility index (Phi) is 4.47. The van der Waals surface area contributed by atoms with Crippen LogP contribution in [0.2, 0.25) is 5.02 Å². The van der Waals surface area contributed by atoms with Gasteiger partial charge in [0.25, 0.3) is 0 Å². The normalized spacial score (nSPS) is 12.1. The third-order valence-electron chi connectivity index (χ3n) is 3.91. The second-order valence-corrected chi connectivity index (χ2v) is 6.10. The fraction of sp³-hybridized carbons (Fsp3) is 0.100. The Morgan fingerprint density at radius 3 is 2.28 bits per heavy atom. The lowest BCUT2D eigenvalue weighted by molar-refractivity contribution is -0.111. The Balaban J connectivity index is 2.52. The Morgan fingerprint density at radius 2 is 1.68 bits per heavy atom. The van der Waals surface area contributed by atoms with Crippen LogP contribution >= 0.6 is 11.6 Å². The highest BCUT2D eigenvalue weighted by Crippen LogP contribution is 2.35. The number of benzene rings is 2. The van der Waals surface area contributed by atoms with Crippen molar-refractivity contribution in [3.63, 3.8) is 0 Å². The topological polar surface area (TPSA) is 67.5 Å². The third kappa shape index (κ3) is 3.08. The first-order chi connectivity index (χ1) is 11.9. The molecule has 0 atom stereocenters. The number of halogens is 1. The van der Waals surface area contributed by atoms with Crippen LogP contribution in [0.5, 0.6) is 0 Å². The molecule has 0 saturated carbocycles. The van der Waals surface area contributed by atoms with E-state index in [-0.39, 0.29) is 16.9 Å². The summed E-state index contributed by atoms with van der Waals surface area (Å²) in [6.07, 6.45) is 0. The zero-order chi connectivity index (χ0) is 18.1. The van der Waals surface area contributed by atoms with Gasteiger partial charge in [0.1, 0.15) is 11.3 Å². The number of aliphatic hydroxyl groups is 1. The Labute approximate surface area is 149 Å². The van der Waals surface area contributed by atoms with E-state index in [9.17, 15) is 14.7 Å². The molecule has 0 aliphatic carbocycles. The van der Waals surface area contributed by atoms with Gasteiger partial charge in [0.2, 0.25) is 0 Å². The number of rotatable bonds is 3. The second kappa shape index (κ2) is 6.57. The summed E-state index contributed by atoms with van der Waals surface area (Å²) in [5, 5.41) is 11.2. The van der Waals surface area contributed by atoms with E-state index >= 15 is 0 Å². The standard InChI is InChI=1S/C20H15ClO4/c1-11(22)17(12(2)23)19-18(13-7-9-14(21)10-8-13)15-5-3-4-6-16(15)25-20(19)24/h3-10,22H,1-2H3/b17-11+. The lowest BCUT2D eigenvalue weighted by atomic mass is 9.91. The largest absolute Gasteiger partial charge is 0.512 e. The van der Waals surface area contributed by atoms with Gasteiger partial charge in [-0.3, -0.25) is 4.79 Å². The molecular formula is C20H15ClO4. The lowest BCUT2D eigenvalue weighted by Gasteiger charge is -2.14. The van der Waals surface area contributed by atoms with Crippen molar-refractivity contribution in [2.24, 2.45) is 0 Å². The van der Waals surface area contributed by atoms with Crippen LogP contribution in [0.25, 0.3) is 27.7 Å². The zero-order valence-corrected chi connectivity index (χ0v) is 14.4. The molecular weight excluding hydrogens is 340 g/mol. The molecule has 0 aliphatic rings. The summed E-state index contributed by atoms with van der Waals surface area (Å²) < 4.78 is 5.38. The summed E-state index contributed by atoms with van der Waals surface area (Å²) >= 11 is 5.97. The minimum Gasteiger partial charge on any atom is -0.512 e. The number of para-hydroxylation sites is 1. The molecule has 1 heterocycles. The molecule has 0 amide bonds. The highest BCUT2D eigenvalue weighted by atomic mass is 35.5. The van der Waals surface area contributed by atoms with Crippen molar-refractivity contribution in [3.05, 3.63) is 75.3 Å². The summed E-state index contributed by atoms with van der Waals surface area (Å²) in [5.74, 6) is -0.650. The van der Waals surface area contributed by atoms with Gasteiger partial charge in [0.05, 0.1) is 11.1 Å². The Bertz CT molecular complexity index is 1060. The second-order valence-electron chi connectivity index (χ2n) is 5.66. The average Bonchev–Trinajstić information content (AvgIpc) is 2.56. The molecule has 0 saturated heterocycles. The highest BCUT2D eigenvalue weighted by molar-refractivity contribution is 6.30. The number of Topliss-reactive ketones (excluding diaryl/α,β-unsaturated/α-hetero) is 1. The summed E-state index contributed by atoms with van der Waals surface area (Å²) in [6, 6.07) is 14.0. The predicted molar refractivity (Wildman–Crippen MR) is 98.8 cm³/mol. The van der Waals surface area contributed by atoms with Gasteiger partial charge in [-0.05, 0) is 37.6 Å². The minimum atomic E-state index is -0.678. The first-order valence-electron chi connectivity index (χ1n) is 7.63. The van der Waals surface area contributed by atoms with E-state index in [0.717, 1.165) is 0 Å². The fourth-order valence-corrected chi connectivity index (χ4v) is 3.03. The van der Waals surface area contributed by atoms with Gasteiger partial charge in [-0.25, -0.2) is 4.79 Å². The molecule has 1 N–H and O–H groups in total. The van der Waals surface area contributed by atoms with Gasteiger partial charge in [-0.1, -0.05) is 41.9 Å². The molecule has 25 heavy (non-hydrogen) atoms. The highest BCUT2D eigenvalue weighted by Gasteiger charge is 2.24. The first-order valence-corrected chi connectivity index (χ1v) is 8.01. The average molecular weight is 355 g/mol. The van der Waals surface area contributed by atoms with Crippen LogP contribution < -0.4 is 5.63 Å². The van der Waals surface area contributed by atoms with E-state index in [0.29, 0.717) is 27.1 Å². The quantitative estimate of drug-likeness (QED) is 0.408.